The van der Waals surface area contributed by atoms with Crippen LogP contribution in [0.15, 0.2) is 48.5 Å². The minimum absolute atomic E-state index is 0.130. The highest BCUT2D eigenvalue weighted by Crippen LogP contribution is 2.29. The Balaban J connectivity index is 2.02. The molecule has 0 spiro atoms. The molecule has 0 aliphatic rings. The largest absolute Gasteiger partial charge is 0.416 e. The van der Waals surface area contributed by atoms with E-state index in [0.29, 0.717) is 11.3 Å². The first kappa shape index (κ1) is 17.0. The van der Waals surface area contributed by atoms with E-state index >= 15 is 0 Å². The van der Waals surface area contributed by atoms with Crippen LogP contribution < -0.4 is 5.32 Å². The van der Waals surface area contributed by atoms with Crippen LogP contribution in [0, 0.1) is 5.82 Å². The summed E-state index contributed by atoms with van der Waals surface area (Å²) in [6.45, 7) is 0. The van der Waals surface area contributed by atoms with Crippen LogP contribution >= 0.6 is 11.6 Å². The number of benzene rings is 2. The average Bonchev–Trinajstić information content (AvgIpc) is 2.48. The fourth-order valence-electron chi connectivity index (χ4n) is 1.71. The normalized spacial score (nSPS) is 11.7. The van der Waals surface area contributed by atoms with E-state index in [9.17, 15) is 22.4 Å². The second kappa shape index (κ2) is 6.83. The smallest absolute Gasteiger partial charge is 0.322 e. The molecule has 0 heterocycles. The van der Waals surface area contributed by atoms with Crippen molar-refractivity contribution in [3.63, 3.8) is 0 Å². The molecule has 2 rings (SSSR count). The summed E-state index contributed by atoms with van der Waals surface area (Å²) in [5.74, 6) is -1.13. The number of hydrogen-bond acceptors (Lipinski definition) is 1. The van der Waals surface area contributed by atoms with Crippen molar-refractivity contribution < 1.29 is 22.4 Å². The first-order valence-electron chi connectivity index (χ1n) is 6.37. The highest BCUT2D eigenvalue weighted by molar-refractivity contribution is 6.31. The molecular formula is C16H10ClF4NO. The zero-order chi connectivity index (χ0) is 17.0. The summed E-state index contributed by atoms with van der Waals surface area (Å²) < 4.78 is 50.2. The summed E-state index contributed by atoms with van der Waals surface area (Å²) >= 11 is 5.59. The van der Waals surface area contributed by atoms with E-state index < -0.39 is 23.5 Å². The Kier molecular flexibility index (Phi) is 5.05. The molecule has 0 aliphatic carbocycles. The topological polar surface area (TPSA) is 29.1 Å². The summed E-state index contributed by atoms with van der Waals surface area (Å²) in [5.41, 5.74) is -0.0242. The van der Waals surface area contributed by atoms with Crippen molar-refractivity contribution in [2.45, 2.75) is 6.18 Å². The van der Waals surface area contributed by atoms with E-state index in [2.05, 4.69) is 5.32 Å². The van der Waals surface area contributed by atoms with Gasteiger partial charge in [0, 0.05) is 11.8 Å². The minimum Gasteiger partial charge on any atom is -0.322 e. The number of amides is 1. The molecule has 2 aromatic carbocycles. The lowest BCUT2D eigenvalue weighted by Crippen LogP contribution is -2.07. The van der Waals surface area contributed by atoms with Gasteiger partial charge in [0.25, 0.3) is 0 Å². The van der Waals surface area contributed by atoms with Crippen molar-refractivity contribution in [1.82, 2.24) is 0 Å². The molecule has 0 saturated carbocycles. The SMILES string of the molecule is O=C(/C=C/c1ccc(C(F)(F)F)cc1)Nc1ccc(F)c(Cl)c1. The summed E-state index contributed by atoms with van der Waals surface area (Å²) in [6.07, 6.45) is -1.89. The highest BCUT2D eigenvalue weighted by Gasteiger charge is 2.29. The number of carbonyl (C=O) groups is 1. The molecule has 0 saturated heterocycles. The molecule has 7 heteroatoms. The molecule has 0 fully saturated rings. The molecule has 0 aromatic heterocycles. The standard InChI is InChI=1S/C16H10ClF4NO/c17-13-9-12(6-7-14(13)18)22-15(23)8-3-10-1-4-11(5-2-10)16(19,20)21/h1-9H,(H,22,23)/b8-3+. The van der Waals surface area contributed by atoms with Crippen LogP contribution in [0.1, 0.15) is 11.1 Å². The lowest BCUT2D eigenvalue weighted by Gasteiger charge is -2.06. The van der Waals surface area contributed by atoms with Crippen LogP contribution in [-0.4, -0.2) is 5.91 Å². The maximum atomic E-state index is 13.0. The number of alkyl halides is 3. The quantitative estimate of drug-likeness (QED) is 0.606. The van der Waals surface area contributed by atoms with Crippen molar-refractivity contribution in [1.29, 1.82) is 0 Å². The molecule has 2 nitrogen and oxygen atoms in total. The van der Waals surface area contributed by atoms with Gasteiger partial charge >= 0.3 is 6.18 Å². The molecule has 120 valence electrons. The van der Waals surface area contributed by atoms with Gasteiger partial charge in [0.15, 0.2) is 0 Å². The Morgan fingerprint density at radius 2 is 1.74 bits per heavy atom. The zero-order valence-corrected chi connectivity index (χ0v) is 12.3. The Morgan fingerprint density at radius 3 is 2.30 bits per heavy atom. The van der Waals surface area contributed by atoms with Crippen molar-refractivity contribution >= 4 is 29.3 Å². The van der Waals surface area contributed by atoms with E-state index in [4.69, 9.17) is 11.6 Å². The Morgan fingerprint density at radius 1 is 1.09 bits per heavy atom. The van der Waals surface area contributed by atoms with Gasteiger partial charge < -0.3 is 5.32 Å². The van der Waals surface area contributed by atoms with Crippen LogP contribution in [0.4, 0.5) is 23.2 Å². The molecule has 0 aliphatic heterocycles. The molecule has 1 N–H and O–H groups in total. The molecule has 23 heavy (non-hydrogen) atoms. The number of nitrogens with one attached hydrogen (secondary N) is 1. The van der Waals surface area contributed by atoms with Crippen LogP contribution in [-0.2, 0) is 11.0 Å². The second-order valence-corrected chi connectivity index (χ2v) is 4.98. The van der Waals surface area contributed by atoms with E-state index in [0.717, 1.165) is 24.3 Å². The van der Waals surface area contributed by atoms with Gasteiger partial charge in [0.2, 0.25) is 5.91 Å². The van der Waals surface area contributed by atoms with Crippen LogP contribution in [0.3, 0.4) is 0 Å². The third-order valence-electron chi connectivity index (χ3n) is 2.85. The zero-order valence-electron chi connectivity index (χ0n) is 11.5. The molecule has 0 atom stereocenters. The molecule has 0 bridgehead atoms. The first-order chi connectivity index (χ1) is 10.8. The predicted molar refractivity (Wildman–Crippen MR) is 80.5 cm³/mol. The maximum absolute atomic E-state index is 13.0. The lowest BCUT2D eigenvalue weighted by atomic mass is 10.1. The van der Waals surface area contributed by atoms with Crippen molar-refractivity contribution in [2.75, 3.05) is 5.32 Å². The second-order valence-electron chi connectivity index (χ2n) is 4.57. The summed E-state index contributed by atoms with van der Waals surface area (Å²) in [7, 11) is 0. The maximum Gasteiger partial charge on any atom is 0.416 e. The van der Waals surface area contributed by atoms with Gasteiger partial charge in [-0.05, 0) is 42.0 Å². The molecule has 0 radical (unpaired) electrons. The monoisotopic (exact) mass is 343 g/mol. The van der Waals surface area contributed by atoms with Crippen LogP contribution in [0.5, 0.6) is 0 Å². The van der Waals surface area contributed by atoms with Gasteiger partial charge in [0.05, 0.1) is 10.6 Å². The number of anilines is 1. The molecular weight excluding hydrogens is 334 g/mol. The van der Waals surface area contributed by atoms with Gasteiger partial charge in [0.1, 0.15) is 5.82 Å². The molecule has 1 amide bonds. The van der Waals surface area contributed by atoms with E-state index in [1.54, 1.807) is 0 Å². The van der Waals surface area contributed by atoms with Crippen molar-refractivity contribution in [2.24, 2.45) is 0 Å². The predicted octanol–water partition coefficient (Wildman–Crippen LogP) is 5.15. The van der Waals surface area contributed by atoms with E-state index in [1.165, 1.54) is 30.3 Å². The van der Waals surface area contributed by atoms with Gasteiger partial charge in [-0.1, -0.05) is 23.7 Å². The summed E-state index contributed by atoms with van der Waals surface area (Å²) in [5, 5.41) is 2.33. The Labute approximate surface area is 134 Å². The van der Waals surface area contributed by atoms with Crippen molar-refractivity contribution in [3.8, 4) is 0 Å². The summed E-state index contributed by atoms with van der Waals surface area (Å²) in [6, 6.07) is 8.06. The van der Waals surface area contributed by atoms with Gasteiger partial charge in [-0.25, -0.2) is 4.39 Å². The third kappa shape index (κ3) is 4.82. The van der Waals surface area contributed by atoms with Crippen LogP contribution in [0.25, 0.3) is 6.08 Å². The number of rotatable bonds is 3. The Hall–Kier alpha value is -2.34. The van der Waals surface area contributed by atoms with E-state index in [-0.39, 0.29) is 5.02 Å². The van der Waals surface area contributed by atoms with E-state index in [1.807, 2.05) is 0 Å². The van der Waals surface area contributed by atoms with Gasteiger partial charge in [-0.15, -0.1) is 0 Å². The highest BCUT2D eigenvalue weighted by atomic mass is 35.5. The fourth-order valence-corrected chi connectivity index (χ4v) is 1.89. The number of hydrogen-bond donors (Lipinski definition) is 1. The fraction of sp³-hybridized carbons (Fsp3) is 0.0625. The van der Waals surface area contributed by atoms with Gasteiger partial charge in [-0.2, -0.15) is 13.2 Å². The molecule has 2 aromatic rings. The average molecular weight is 344 g/mol. The first-order valence-corrected chi connectivity index (χ1v) is 6.75. The third-order valence-corrected chi connectivity index (χ3v) is 3.14. The number of halogens is 5. The van der Waals surface area contributed by atoms with Crippen molar-refractivity contribution in [3.05, 3.63) is 70.5 Å². The van der Waals surface area contributed by atoms with Gasteiger partial charge in [-0.3, -0.25) is 4.79 Å². The molecule has 0 unspecified atom stereocenters. The lowest BCUT2D eigenvalue weighted by molar-refractivity contribution is -0.137. The number of carbonyl (C=O) groups excluding carboxylic acids is 1. The summed E-state index contributed by atoms with van der Waals surface area (Å²) in [4.78, 5) is 11.7. The minimum atomic E-state index is -4.40. The Bertz CT molecular complexity index is 739. The van der Waals surface area contributed by atoms with Crippen LogP contribution in [0.2, 0.25) is 5.02 Å².